The number of imide groups is 1. The second-order valence-electron chi connectivity index (χ2n) is 5.46. The Morgan fingerprint density at radius 1 is 1.26 bits per heavy atom. The molecule has 1 saturated heterocycles. The molecular formula is C13H24N6O4. The minimum Gasteiger partial charge on any atom is -0.312 e. The summed E-state index contributed by atoms with van der Waals surface area (Å²) in [4.78, 5) is 50.1. The molecule has 1 aliphatic rings. The maximum absolute atomic E-state index is 12.5. The van der Waals surface area contributed by atoms with Gasteiger partial charge in [0.15, 0.2) is 0 Å². The summed E-state index contributed by atoms with van der Waals surface area (Å²) in [5.41, 5.74) is 3.98. The molecule has 5 amide bonds. The summed E-state index contributed by atoms with van der Waals surface area (Å²) in [5, 5.41) is 0. The molecule has 0 radical (unpaired) electrons. The Morgan fingerprint density at radius 2 is 1.91 bits per heavy atom. The number of hydrazine groups is 2. The lowest BCUT2D eigenvalue weighted by Crippen LogP contribution is -2.43. The summed E-state index contributed by atoms with van der Waals surface area (Å²) in [6, 6.07) is -1.12. The van der Waals surface area contributed by atoms with Crippen LogP contribution >= 0.6 is 0 Å². The standard InChI is InChI=1S/C13H24N6O4/c1-3-4-9-12(22)19(7-8(2)11(21)17-15)13(23)18(9)6-5-10(20)16-14/h8-9H,3-7,14-15H2,1-2H3,(H,16,20)(H,17,21)/t8-,9+/m0/s1. The predicted molar refractivity (Wildman–Crippen MR) is 81.0 cm³/mol. The maximum Gasteiger partial charge on any atom is 0.327 e. The molecule has 1 aliphatic heterocycles. The summed E-state index contributed by atoms with van der Waals surface area (Å²) < 4.78 is 0. The minimum atomic E-state index is -0.623. The fourth-order valence-electron chi connectivity index (χ4n) is 2.46. The van der Waals surface area contributed by atoms with Crippen LogP contribution in [0.5, 0.6) is 0 Å². The summed E-state index contributed by atoms with van der Waals surface area (Å²) in [6.45, 7) is 3.50. The van der Waals surface area contributed by atoms with Crippen LogP contribution in [0.1, 0.15) is 33.1 Å². The van der Waals surface area contributed by atoms with Crippen LogP contribution < -0.4 is 22.5 Å². The first-order chi connectivity index (χ1) is 10.9. The largest absolute Gasteiger partial charge is 0.327 e. The van der Waals surface area contributed by atoms with Gasteiger partial charge in [-0.3, -0.25) is 30.1 Å². The third-order valence-electron chi connectivity index (χ3n) is 3.75. The van der Waals surface area contributed by atoms with E-state index in [2.05, 4.69) is 0 Å². The zero-order valence-electron chi connectivity index (χ0n) is 13.4. The first-order valence-corrected chi connectivity index (χ1v) is 7.49. The lowest BCUT2D eigenvalue weighted by atomic mass is 10.1. The molecule has 0 saturated carbocycles. The lowest BCUT2D eigenvalue weighted by Gasteiger charge is -2.21. The number of hydrogen-bond acceptors (Lipinski definition) is 6. The van der Waals surface area contributed by atoms with Gasteiger partial charge in [0.25, 0.3) is 5.91 Å². The van der Waals surface area contributed by atoms with Crippen molar-refractivity contribution in [3.8, 4) is 0 Å². The second kappa shape index (κ2) is 8.44. The molecule has 0 spiro atoms. The summed E-state index contributed by atoms with van der Waals surface area (Å²) >= 11 is 0. The van der Waals surface area contributed by atoms with Crippen LogP contribution in [0.15, 0.2) is 0 Å². The number of hydrogen-bond donors (Lipinski definition) is 4. The monoisotopic (exact) mass is 328 g/mol. The van der Waals surface area contributed by atoms with Crippen molar-refractivity contribution >= 4 is 23.8 Å². The van der Waals surface area contributed by atoms with E-state index in [-0.39, 0.29) is 25.4 Å². The molecule has 0 aliphatic carbocycles. The molecule has 10 heteroatoms. The van der Waals surface area contributed by atoms with E-state index in [0.717, 1.165) is 4.90 Å². The quantitative estimate of drug-likeness (QED) is 0.183. The number of carbonyl (C=O) groups is 4. The molecule has 0 aromatic rings. The van der Waals surface area contributed by atoms with Gasteiger partial charge in [0.05, 0.1) is 5.92 Å². The summed E-state index contributed by atoms with van der Waals surface area (Å²) in [6.07, 6.45) is 1.20. The van der Waals surface area contributed by atoms with Gasteiger partial charge in [-0.15, -0.1) is 0 Å². The van der Waals surface area contributed by atoms with Gasteiger partial charge in [-0.05, 0) is 6.42 Å². The predicted octanol–water partition coefficient (Wildman–Crippen LogP) is -1.57. The topological polar surface area (TPSA) is 151 Å². The average molecular weight is 328 g/mol. The van der Waals surface area contributed by atoms with Gasteiger partial charge >= 0.3 is 6.03 Å². The number of nitrogens with one attached hydrogen (secondary N) is 2. The highest BCUT2D eigenvalue weighted by atomic mass is 16.2. The van der Waals surface area contributed by atoms with Gasteiger partial charge in [-0.2, -0.15) is 0 Å². The van der Waals surface area contributed by atoms with Gasteiger partial charge in [0, 0.05) is 19.5 Å². The molecule has 1 rings (SSSR count). The van der Waals surface area contributed by atoms with Crippen molar-refractivity contribution < 1.29 is 19.2 Å². The molecule has 0 aromatic heterocycles. The van der Waals surface area contributed by atoms with E-state index in [0.29, 0.717) is 12.8 Å². The SMILES string of the molecule is CCC[C@@H]1C(=O)N(C[C@H](C)C(=O)NN)C(=O)N1CCC(=O)NN. The Bertz CT molecular complexity index is 483. The molecule has 130 valence electrons. The van der Waals surface area contributed by atoms with E-state index in [9.17, 15) is 19.2 Å². The minimum absolute atomic E-state index is 0.00239. The van der Waals surface area contributed by atoms with Gasteiger partial charge < -0.3 is 4.90 Å². The van der Waals surface area contributed by atoms with Crippen LogP contribution in [0.3, 0.4) is 0 Å². The number of amides is 5. The molecular weight excluding hydrogens is 304 g/mol. The van der Waals surface area contributed by atoms with Crippen molar-refractivity contribution in [3.05, 3.63) is 0 Å². The molecule has 10 nitrogen and oxygen atoms in total. The third kappa shape index (κ3) is 4.39. The van der Waals surface area contributed by atoms with Crippen molar-refractivity contribution in [1.29, 1.82) is 0 Å². The van der Waals surface area contributed by atoms with Crippen molar-refractivity contribution in [2.75, 3.05) is 13.1 Å². The van der Waals surface area contributed by atoms with Crippen molar-refractivity contribution in [2.24, 2.45) is 17.6 Å². The van der Waals surface area contributed by atoms with Crippen LogP contribution in [0.4, 0.5) is 4.79 Å². The summed E-state index contributed by atoms with van der Waals surface area (Å²) in [7, 11) is 0. The Balaban J connectivity index is 2.85. The maximum atomic E-state index is 12.5. The Labute approximate surface area is 134 Å². The normalized spacial score (nSPS) is 19.0. The molecule has 0 unspecified atom stereocenters. The Morgan fingerprint density at radius 3 is 2.43 bits per heavy atom. The van der Waals surface area contributed by atoms with Gasteiger partial charge in [0.2, 0.25) is 11.8 Å². The van der Waals surface area contributed by atoms with Crippen molar-refractivity contribution in [1.82, 2.24) is 20.7 Å². The van der Waals surface area contributed by atoms with Gasteiger partial charge in [-0.1, -0.05) is 20.3 Å². The average Bonchev–Trinajstić information content (AvgIpc) is 2.76. The fraction of sp³-hybridized carbons (Fsp3) is 0.692. The highest BCUT2D eigenvalue weighted by molar-refractivity contribution is 6.04. The first kappa shape index (κ1) is 18.8. The third-order valence-corrected chi connectivity index (χ3v) is 3.75. The van der Waals surface area contributed by atoms with Crippen LogP contribution in [0, 0.1) is 5.92 Å². The highest BCUT2D eigenvalue weighted by Gasteiger charge is 2.44. The van der Waals surface area contributed by atoms with E-state index in [1.807, 2.05) is 17.8 Å². The van der Waals surface area contributed by atoms with Gasteiger partial charge in [0.1, 0.15) is 6.04 Å². The van der Waals surface area contributed by atoms with Crippen LogP contribution in [0.25, 0.3) is 0 Å². The van der Waals surface area contributed by atoms with Crippen LogP contribution in [-0.2, 0) is 14.4 Å². The van der Waals surface area contributed by atoms with Crippen molar-refractivity contribution in [2.45, 2.75) is 39.2 Å². The van der Waals surface area contributed by atoms with E-state index in [1.165, 1.54) is 4.90 Å². The lowest BCUT2D eigenvalue weighted by molar-refractivity contribution is -0.130. The smallest absolute Gasteiger partial charge is 0.312 e. The Hall–Kier alpha value is -2.20. The molecule has 23 heavy (non-hydrogen) atoms. The van der Waals surface area contributed by atoms with E-state index in [4.69, 9.17) is 11.7 Å². The summed E-state index contributed by atoms with van der Waals surface area (Å²) in [5.74, 6) is 8.21. The zero-order chi connectivity index (χ0) is 17.6. The van der Waals surface area contributed by atoms with Crippen molar-refractivity contribution in [3.63, 3.8) is 0 Å². The number of urea groups is 1. The van der Waals surface area contributed by atoms with Gasteiger partial charge in [-0.25, -0.2) is 16.5 Å². The molecule has 2 atom stereocenters. The molecule has 0 bridgehead atoms. The molecule has 6 N–H and O–H groups in total. The number of nitrogens with zero attached hydrogens (tertiary/aromatic N) is 2. The molecule has 1 heterocycles. The van der Waals surface area contributed by atoms with E-state index < -0.39 is 29.8 Å². The van der Waals surface area contributed by atoms with E-state index >= 15 is 0 Å². The zero-order valence-corrected chi connectivity index (χ0v) is 13.4. The molecule has 1 fully saturated rings. The first-order valence-electron chi connectivity index (χ1n) is 7.49. The van der Waals surface area contributed by atoms with Crippen LogP contribution in [0.2, 0.25) is 0 Å². The second-order valence-corrected chi connectivity index (χ2v) is 5.46. The number of rotatable bonds is 8. The molecule has 0 aromatic carbocycles. The van der Waals surface area contributed by atoms with E-state index in [1.54, 1.807) is 6.92 Å². The highest BCUT2D eigenvalue weighted by Crippen LogP contribution is 2.22. The Kier molecular flexibility index (Phi) is 6.91. The number of carbonyl (C=O) groups excluding carboxylic acids is 4. The van der Waals surface area contributed by atoms with Crippen LogP contribution in [-0.4, -0.2) is 52.7 Å². The fourth-order valence-corrected chi connectivity index (χ4v) is 2.46. The number of nitrogens with two attached hydrogens (primary N) is 2.